The van der Waals surface area contributed by atoms with Gasteiger partial charge < -0.3 is 20.7 Å². The summed E-state index contributed by atoms with van der Waals surface area (Å²) in [4.78, 5) is 20.6. The Labute approximate surface area is 148 Å². The van der Waals surface area contributed by atoms with Crippen LogP contribution in [0, 0.1) is 5.41 Å². The number of nitrogens with one attached hydrogen (secondary N) is 1. The SMILES string of the molecule is N=C(N)c1ccc2cc(OC(=O)c3ccccc3)ccc2c1.O=C(O)O. The van der Waals surface area contributed by atoms with Gasteiger partial charge in [-0.2, -0.15) is 0 Å². The molecule has 3 rings (SSSR count). The van der Waals surface area contributed by atoms with Crippen LogP contribution in [0.25, 0.3) is 10.8 Å². The molecule has 0 amide bonds. The van der Waals surface area contributed by atoms with E-state index < -0.39 is 6.16 Å². The number of hydrogen-bond acceptors (Lipinski definition) is 4. The first-order chi connectivity index (χ1) is 12.4. The van der Waals surface area contributed by atoms with Crippen molar-refractivity contribution in [3.63, 3.8) is 0 Å². The second kappa shape index (κ2) is 8.29. The third kappa shape index (κ3) is 5.07. The van der Waals surface area contributed by atoms with Crippen LogP contribution >= 0.6 is 0 Å². The highest BCUT2D eigenvalue weighted by Gasteiger charge is 2.08. The Bertz CT molecular complexity index is 951. The molecule has 0 aliphatic heterocycles. The fraction of sp³-hybridized carbons (Fsp3) is 0. The second-order valence-electron chi connectivity index (χ2n) is 5.18. The average molecular weight is 352 g/mol. The van der Waals surface area contributed by atoms with Crippen molar-refractivity contribution >= 4 is 28.7 Å². The Hall–Kier alpha value is -3.87. The normalized spacial score (nSPS) is 9.69. The van der Waals surface area contributed by atoms with E-state index in [0.717, 1.165) is 10.8 Å². The van der Waals surface area contributed by atoms with Crippen molar-refractivity contribution < 1.29 is 24.5 Å². The van der Waals surface area contributed by atoms with Gasteiger partial charge in [0.05, 0.1) is 5.56 Å². The molecule has 3 aromatic rings. The maximum Gasteiger partial charge on any atom is 0.503 e. The summed E-state index contributed by atoms with van der Waals surface area (Å²) in [5.74, 6) is 0.124. The lowest BCUT2D eigenvalue weighted by Crippen LogP contribution is -2.10. The molecule has 3 aromatic carbocycles. The molecule has 0 aliphatic carbocycles. The molecule has 26 heavy (non-hydrogen) atoms. The number of nitrogens with two attached hydrogens (primary N) is 1. The lowest BCUT2D eigenvalue weighted by molar-refractivity contribution is 0.0735. The minimum absolute atomic E-state index is 0.0291. The molecule has 0 spiro atoms. The molecule has 0 unspecified atom stereocenters. The van der Waals surface area contributed by atoms with Crippen LogP contribution in [0.15, 0.2) is 66.7 Å². The first-order valence-electron chi connectivity index (χ1n) is 7.44. The number of rotatable bonds is 3. The van der Waals surface area contributed by atoms with Crippen LogP contribution in [0.2, 0.25) is 0 Å². The molecule has 0 fully saturated rings. The van der Waals surface area contributed by atoms with Gasteiger partial charge in [0.1, 0.15) is 11.6 Å². The summed E-state index contributed by atoms with van der Waals surface area (Å²) in [6, 6.07) is 19.7. The molecule has 0 heterocycles. The number of ether oxygens (including phenoxy) is 1. The summed E-state index contributed by atoms with van der Waals surface area (Å²) in [5.41, 5.74) is 6.66. The second-order valence-corrected chi connectivity index (χ2v) is 5.18. The van der Waals surface area contributed by atoms with Crippen molar-refractivity contribution in [3.8, 4) is 5.75 Å². The summed E-state index contributed by atoms with van der Waals surface area (Å²) < 4.78 is 5.38. The Kier molecular flexibility index (Phi) is 5.89. The molecule has 132 valence electrons. The maximum atomic E-state index is 12.0. The predicted molar refractivity (Wildman–Crippen MR) is 97.0 cm³/mol. The highest BCUT2D eigenvalue weighted by molar-refractivity contribution is 5.99. The fourth-order valence-corrected chi connectivity index (χ4v) is 2.20. The lowest BCUT2D eigenvalue weighted by atomic mass is 10.1. The van der Waals surface area contributed by atoms with E-state index in [9.17, 15) is 4.79 Å². The van der Waals surface area contributed by atoms with E-state index in [0.29, 0.717) is 16.9 Å². The van der Waals surface area contributed by atoms with Gasteiger partial charge in [0, 0.05) is 5.56 Å². The molecule has 0 aliphatic rings. The van der Waals surface area contributed by atoms with Crippen molar-refractivity contribution in [3.05, 3.63) is 77.9 Å². The molecule has 5 N–H and O–H groups in total. The minimum Gasteiger partial charge on any atom is -0.450 e. The van der Waals surface area contributed by atoms with Crippen LogP contribution in [0.5, 0.6) is 5.75 Å². The van der Waals surface area contributed by atoms with Gasteiger partial charge in [-0.05, 0) is 41.1 Å². The molecule has 0 bridgehead atoms. The van der Waals surface area contributed by atoms with E-state index in [2.05, 4.69) is 0 Å². The topological polar surface area (TPSA) is 134 Å². The predicted octanol–water partition coefficient (Wildman–Crippen LogP) is 3.57. The van der Waals surface area contributed by atoms with Crippen LogP contribution in [-0.4, -0.2) is 28.2 Å². The Morgan fingerprint density at radius 1 is 0.846 bits per heavy atom. The van der Waals surface area contributed by atoms with Crippen LogP contribution < -0.4 is 10.5 Å². The Balaban J connectivity index is 0.000000552. The van der Waals surface area contributed by atoms with Gasteiger partial charge in [0.2, 0.25) is 0 Å². The van der Waals surface area contributed by atoms with Gasteiger partial charge >= 0.3 is 12.1 Å². The third-order valence-electron chi connectivity index (χ3n) is 3.34. The number of carboxylic acid groups (broad SMARTS) is 2. The van der Waals surface area contributed by atoms with E-state index in [4.69, 9.17) is 30.9 Å². The molecule has 0 aromatic heterocycles. The van der Waals surface area contributed by atoms with Crippen molar-refractivity contribution in [1.82, 2.24) is 0 Å². The summed E-state index contributed by atoms with van der Waals surface area (Å²) >= 11 is 0. The Morgan fingerprint density at radius 3 is 2.04 bits per heavy atom. The highest BCUT2D eigenvalue weighted by Crippen LogP contribution is 2.22. The highest BCUT2D eigenvalue weighted by atomic mass is 16.6. The smallest absolute Gasteiger partial charge is 0.450 e. The minimum atomic E-state index is -1.83. The summed E-state index contributed by atoms with van der Waals surface area (Å²) in [6.45, 7) is 0. The van der Waals surface area contributed by atoms with Crippen LogP contribution in [0.4, 0.5) is 4.79 Å². The van der Waals surface area contributed by atoms with Crippen molar-refractivity contribution in [1.29, 1.82) is 5.41 Å². The summed E-state index contributed by atoms with van der Waals surface area (Å²) in [7, 11) is 0. The first kappa shape index (κ1) is 18.5. The largest absolute Gasteiger partial charge is 0.503 e. The van der Waals surface area contributed by atoms with Gasteiger partial charge in [-0.1, -0.05) is 36.4 Å². The molecule has 7 heteroatoms. The summed E-state index contributed by atoms with van der Waals surface area (Å²) in [5, 5.41) is 23.3. The van der Waals surface area contributed by atoms with Crippen molar-refractivity contribution in [2.24, 2.45) is 5.73 Å². The van der Waals surface area contributed by atoms with E-state index in [-0.39, 0.29) is 11.8 Å². The zero-order valence-corrected chi connectivity index (χ0v) is 13.5. The molecule has 0 radical (unpaired) electrons. The molecule has 0 atom stereocenters. The van der Waals surface area contributed by atoms with Gasteiger partial charge in [0.25, 0.3) is 0 Å². The van der Waals surface area contributed by atoms with E-state index >= 15 is 0 Å². The van der Waals surface area contributed by atoms with Crippen molar-refractivity contribution in [2.45, 2.75) is 0 Å². The zero-order valence-electron chi connectivity index (χ0n) is 13.5. The van der Waals surface area contributed by atoms with Crippen LogP contribution in [0.1, 0.15) is 15.9 Å². The third-order valence-corrected chi connectivity index (χ3v) is 3.34. The number of amidine groups is 1. The van der Waals surface area contributed by atoms with Gasteiger partial charge in [0.15, 0.2) is 0 Å². The maximum absolute atomic E-state index is 12.0. The first-order valence-corrected chi connectivity index (χ1v) is 7.44. The van der Waals surface area contributed by atoms with Gasteiger partial charge in [-0.25, -0.2) is 9.59 Å². The monoisotopic (exact) mass is 352 g/mol. The molecule has 0 saturated carbocycles. The number of carbonyl (C=O) groups is 2. The number of benzene rings is 3. The quantitative estimate of drug-likeness (QED) is 0.246. The van der Waals surface area contributed by atoms with Crippen LogP contribution in [-0.2, 0) is 0 Å². The number of nitrogen functional groups attached to an aromatic ring is 1. The lowest BCUT2D eigenvalue weighted by Gasteiger charge is -2.07. The van der Waals surface area contributed by atoms with E-state index in [1.165, 1.54) is 0 Å². The molecule has 7 nitrogen and oxygen atoms in total. The Morgan fingerprint density at radius 2 is 1.42 bits per heavy atom. The standard InChI is InChI=1S/C18H14N2O2.CH2O3/c19-17(20)15-7-6-14-11-16(9-8-13(14)10-15)22-18(21)12-4-2-1-3-5-12;2-1(3)4/h1-11H,(H3,19,20);(H2,2,3,4). The van der Waals surface area contributed by atoms with Crippen molar-refractivity contribution in [2.75, 3.05) is 0 Å². The molecular formula is C19H16N2O5. The number of fused-ring (bicyclic) bond motifs is 1. The van der Waals surface area contributed by atoms with E-state index in [1.54, 1.807) is 42.5 Å². The molecular weight excluding hydrogens is 336 g/mol. The fourth-order valence-electron chi connectivity index (χ4n) is 2.20. The number of carbonyl (C=O) groups excluding carboxylic acids is 1. The van der Waals surface area contributed by atoms with Gasteiger partial charge in [-0.3, -0.25) is 5.41 Å². The number of esters is 1. The summed E-state index contributed by atoms with van der Waals surface area (Å²) in [6.07, 6.45) is -1.83. The van der Waals surface area contributed by atoms with Crippen LogP contribution in [0.3, 0.4) is 0 Å². The average Bonchev–Trinajstić information content (AvgIpc) is 2.61. The molecule has 0 saturated heterocycles. The van der Waals surface area contributed by atoms with Gasteiger partial charge in [-0.15, -0.1) is 0 Å². The number of hydrogen-bond donors (Lipinski definition) is 4. The zero-order chi connectivity index (χ0) is 19.1. The van der Waals surface area contributed by atoms with E-state index in [1.807, 2.05) is 24.3 Å².